The lowest BCUT2D eigenvalue weighted by Gasteiger charge is -2.02. The van der Waals surface area contributed by atoms with Crippen molar-refractivity contribution in [3.8, 4) is 0 Å². The van der Waals surface area contributed by atoms with Gasteiger partial charge in [0.1, 0.15) is 6.61 Å². The highest BCUT2D eigenvalue weighted by molar-refractivity contribution is 5.83. The second-order valence-corrected chi connectivity index (χ2v) is 2.85. The minimum Gasteiger partial charge on any atom is -0.462 e. The maximum atomic E-state index is 10.9. The smallest absolute Gasteiger partial charge is 0.396 e. The van der Waals surface area contributed by atoms with Crippen LogP contribution in [-0.2, 0) is 16.1 Å². The van der Waals surface area contributed by atoms with Crippen LogP contribution < -0.4 is 0 Å². The van der Waals surface area contributed by atoms with E-state index in [2.05, 4.69) is 14.9 Å². The minimum atomic E-state index is -0.645. The fourth-order valence-electron chi connectivity index (χ4n) is 0.720. The molecule has 14 heavy (non-hydrogen) atoms. The molecule has 1 aromatic rings. The second kappa shape index (κ2) is 4.71. The Bertz CT molecular complexity index is 308. The highest BCUT2D eigenvalue weighted by Crippen LogP contribution is 2.03. The van der Waals surface area contributed by atoms with Gasteiger partial charge in [0.15, 0.2) is 0 Å². The summed E-state index contributed by atoms with van der Waals surface area (Å²) in [6, 6.07) is 0. The van der Waals surface area contributed by atoms with Crippen LogP contribution >= 0.6 is 0 Å². The third kappa shape index (κ3) is 2.81. The van der Waals surface area contributed by atoms with Crippen LogP contribution in [0.3, 0.4) is 0 Å². The number of carbonyl (C=O) groups is 1. The molecule has 0 radical (unpaired) electrons. The summed E-state index contributed by atoms with van der Waals surface area (Å²) in [7, 11) is 1.25. The molecule has 0 aromatic carbocycles. The molecule has 78 valence electrons. The summed E-state index contributed by atoms with van der Waals surface area (Å²) in [6.07, 6.45) is 0.0727. The number of nitrogens with zero attached hydrogens (tertiary/aromatic N) is 2. The van der Waals surface area contributed by atoms with E-state index in [9.17, 15) is 4.79 Å². The van der Waals surface area contributed by atoms with Gasteiger partial charge < -0.3 is 13.9 Å². The number of esters is 1. The van der Waals surface area contributed by atoms with Crippen LogP contribution in [0.25, 0.3) is 0 Å². The summed E-state index contributed by atoms with van der Waals surface area (Å²) in [5.74, 6) is -0.540. The minimum absolute atomic E-state index is 0.0727. The van der Waals surface area contributed by atoms with E-state index in [1.54, 1.807) is 0 Å². The number of hydrogen-bond acceptors (Lipinski definition) is 6. The molecule has 0 unspecified atom stereocenters. The van der Waals surface area contributed by atoms with Gasteiger partial charge in [-0.1, -0.05) is 0 Å². The van der Waals surface area contributed by atoms with Gasteiger partial charge in [-0.25, -0.2) is 4.79 Å². The van der Waals surface area contributed by atoms with Crippen LogP contribution in [0, 0.1) is 0 Å². The van der Waals surface area contributed by atoms with Crippen LogP contribution in [0.1, 0.15) is 30.4 Å². The highest BCUT2D eigenvalue weighted by Gasteiger charge is 2.14. The van der Waals surface area contributed by atoms with E-state index in [-0.39, 0.29) is 24.5 Å². The Hall–Kier alpha value is -1.43. The van der Waals surface area contributed by atoms with Gasteiger partial charge in [-0.05, 0) is 13.8 Å². The van der Waals surface area contributed by atoms with Crippen LogP contribution in [-0.4, -0.2) is 29.4 Å². The summed E-state index contributed by atoms with van der Waals surface area (Å²) < 4.78 is 14.6. The molecule has 0 saturated heterocycles. The van der Waals surface area contributed by atoms with Crippen molar-refractivity contribution in [3.05, 3.63) is 11.8 Å². The number of methoxy groups -OCH3 is 1. The molecule has 1 rings (SSSR count). The van der Waals surface area contributed by atoms with Gasteiger partial charge in [0.25, 0.3) is 0 Å². The predicted molar refractivity (Wildman–Crippen MR) is 45.6 cm³/mol. The van der Waals surface area contributed by atoms with Crippen molar-refractivity contribution in [1.29, 1.82) is 0 Å². The number of rotatable bonds is 4. The standard InChI is InChI=1S/C8H12N2O4/c1-5(2)13-4-6-9-10-7(14-6)8(11)12-3/h5H,4H2,1-3H3. The van der Waals surface area contributed by atoms with Crippen molar-refractivity contribution in [2.24, 2.45) is 0 Å². The van der Waals surface area contributed by atoms with Gasteiger partial charge in [0.05, 0.1) is 13.2 Å². The van der Waals surface area contributed by atoms with Gasteiger partial charge >= 0.3 is 11.9 Å². The summed E-state index contributed by atoms with van der Waals surface area (Å²) in [6.45, 7) is 3.97. The second-order valence-electron chi connectivity index (χ2n) is 2.85. The Morgan fingerprint density at radius 2 is 2.21 bits per heavy atom. The van der Waals surface area contributed by atoms with E-state index in [1.807, 2.05) is 13.8 Å². The summed E-state index contributed by atoms with van der Waals surface area (Å²) in [4.78, 5) is 10.9. The molecule has 0 aliphatic heterocycles. The maximum Gasteiger partial charge on any atom is 0.396 e. The fraction of sp³-hybridized carbons (Fsp3) is 0.625. The Kier molecular flexibility index (Phi) is 3.58. The van der Waals surface area contributed by atoms with Crippen LogP contribution in [0.4, 0.5) is 0 Å². The first-order valence-electron chi connectivity index (χ1n) is 4.15. The Morgan fingerprint density at radius 3 is 2.79 bits per heavy atom. The first kappa shape index (κ1) is 10.6. The molecular formula is C8H12N2O4. The van der Waals surface area contributed by atoms with Gasteiger partial charge in [0.2, 0.25) is 5.89 Å². The molecule has 6 heteroatoms. The van der Waals surface area contributed by atoms with Crippen molar-refractivity contribution in [2.45, 2.75) is 26.6 Å². The number of carbonyl (C=O) groups excluding carboxylic acids is 1. The highest BCUT2D eigenvalue weighted by atomic mass is 16.5. The lowest BCUT2D eigenvalue weighted by molar-refractivity contribution is 0.0464. The first-order chi connectivity index (χ1) is 6.63. The third-order valence-corrected chi connectivity index (χ3v) is 1.37. The van der Waals surface area contributed by atoms with Crippen LogP contribution in [0.15, 0.2) is 4.42 Å². The lowest BCUT2D eigenvalue weighted by atomic mass is 10.5. The third-order valence-electron chi connectivity index (χ3n) is 1.37. The quantitative estimate of drug-likeness (QED) is 0.668. The van der Waals surface area contributed by atoms with Gasteiger partial charge in [0, 0.05) is 0 Å². The number of hydrogen-bond donors (Lipinski definition) is 0. The Labute approximate surface area is 81.2 Å². The molecule has 0 N–H and O–H groups in total. The van der Waals surface area contributed by atoms with Crippen molar-refractivity contribution in [3.63, 3.8) is 0 Å². The van der Waals surface area contributed by atoms with E-state index in [0.29, 0.717) is 0 Å². The van der Waals surface area contributed by atoms with E-state index in [1.165, 1.54) is 7.11 Å². The van der Waals surface area contributed by atoms with Crippen molar-refractivity contribution >= 4 is 5.97 Å². The molecule has 0 bridgehead atoms. The van der Waals surface area contributed by atoms with Crippen molar-refractivity contribution < 1.29 is 18.7 Å². The molecule has 0 aliphatic rings. The SMILES string of the molecule is COC(=O)c1nnc(COC(C)C)o1. The zero-order valence-corrected chi connectivity index (χ0v) is 8.31. The monoisotopic (exact) mass is 200 g/mol. The molecule has 0 fully saturated rings. The van der Waals surface area contributed by atoms with Gasteiger partial charge in [-0.15, -0.1) is 10.2 Å². The molecule has 0 saturated carbocycles. The zero-order chi connectivity index (χ0) is 10.6. The summed E-state index contributed by atoms with van der Waals surface area (Å²) >= 11 is 0. The molecule has 0 spiro atoms. The molecule has 0 atom stereocenters. The maximum absolute atomic E-state index is 10.9. The number of aromatic nitrogens is 2. The van der Waals surface area contributed by atoms with Gasteiger partial charge in [-0.3, -0.25) is 0 Å². The average molecular weight is 200 g/mol. The van der Waals surface area contributed by atoms with E-state index in [4.69, 9.17) is 9.15 Å². The molecular weight excluding hydrogens is 188 g/mol. The topological polar surface area (TPSA) is 74.5 Å². The van der Waals surface area contributed by atoms with Crippen LogP contribution in [0.5, 0.6) is 0 Å². The summed E-state index contributed by atoms with van der Waals surface area (Å²) in [5, 5.41) is 7.11. The van der Waals surface area contributed by atoms with Crippen LogP contribution in [0.2, 0.25) is 0 Å². The Morgan fingerprint density at radius 1 is 1.50 bits per heavy atom. The molecule has 0 amide bonds. The van der Waals surface area contributed by atoms with E-state index >= 15 is 0 Å². The lowest BCUT2D eigenvalue weighted by Crippen LogP contribution is -2.02. The fourth-order valence-corrected chi connectivity index (χ4v) is 0.720. The predicted octanol–water partition coefficient (Wildman–Crippen LogP) is 0.781. The summed E-state index contributed by atoms with van der Waals surface area (Å²) in [5.41, 5.74) is 0. The Balaban J connectivity index is 2.55. The molecule has 1 aromatic heterocycles. The van der Waals surface area contributed by atoms with Crippen molar-refractivity contribution in [2.75, 3.05) is 7.11 Å². The molecule has 0 aliphatic carbocycles. The normalized spacial score (nSPS) is 10.6. The molecule has 1 heterocycles. The largest absolute Gasteiger partial charge is 0.462 e. The molecule has 6 nitrogen and oxygen atoms in total. The zero-order valence-electron chi connectivity index (χ0n) is 8.31. The number of ether oxygens (including phenoxy) is 2. The van der Waals surface area contributed by atoms with E-state index < -0.39 is 5.97 Å². The van der Waals surface area contributed by atoms with E-state index in [0.717, 1.165) is 0 Å². The van der Waals surface area contributed by atoms with Gasteiger partial charge in [-0.2, -0.15) is 0 Å². The van der Waals surface area contributed by atoms with Crippen molar-refractivity contribution in [1.82, 2.24) is 10.2 Å². The average Bonchev–Trinajstić information content (AvgIpc) is 2.62. The first-order valence-corrected chi connectivity index (χ1v) is 4.15.